The molecule has 156 valence electrons. The van der Waals surface area contributed by atoms with Crippen molar-refractivity contribution in [1.82, 2.24) is 0 Å². The van der Waals surface area contributed by atoms with Crippen LogP contribution in [0.2, 0.25) is 0 Å². The van der Waals surface area contributed by atoms with Gasteiger partial charge in [-0.05, 0) is 42.9 Å². The van der Waals surface area contributed by atoms with Crippen LogP contribution in [-0.4, -0.2) is 13.0 Å². The zero-order valence-electron chi connectivity index (χ0n) is 17.7. The Labute approximate surface area is 167 Å². The largest absolute Gasteiger partial charge is 0.294 e. The molecule has 0 saturated carbocycles. The van der Waals surface area contributed by atoms with Crippen LogP contribution in [-0.2, 0) is 10.1 Å². The molecule has 0 radical (unpaired) electrons. The number of aryl methyl sites for hydroxylation is 1. The maximum atomic E-state index is 11.7. The van der Waals surface area contributed by atoms with Gasteiger partial charge in [-0.1, -0.05) is 96.6 Å². The van der Waals surface area contributed by atoms with Gasteiger partial charge in [0.05, 0.1) is 4.90 Å². The van der Waals surface area contributed by atoms with Crippen LogP contribution in [0, 0.1) is 6.92 Å². The maximum Gasteiger partial charge on any atom is 0.294 e. The van der Waals surface area contributed by atoms with Crippen LogP contribution in [0.5, 0.6) is 0 Å². The van der Waals surface area contributed by atoms with Gasteiger partial charge in [-0.25, -0.2) is 0 Å². The van der Waals surface area contributed by atoms with E-state index < -0.39 is 10.1 Å². The third kappa shape index (κ3) is 9.75. The van der Waals surface area contributed by atoms with Crippen LogP contribution in [0.1, 0.15) is 114 Å². The molecule has 0 fully saturated rings. The average Bonchev–Trinajstić information content (AvgIpc) is 2.62. The van der Waals surface area contributed by atoms with Crippen molar-refractivity contribution in [2.45, 2.75) is 115 Å². The SMILES string of the molecule is CCCCCCCCCC(CCCCCC)c1ccc(C)c(S(=O)(=O)O)c1. The Morgan fingerprint density at radius 1 is 0.815 bits per heavy atom. The second kappa shape index (κ2) is 13.3. The Bertz CT molecular complexity index is 623. The zero-order chi connectivity index (χ0) is 20.1. The summed E-state index contributed by atoms with van der Waals surface area (Å²) in [5.74, 6) is 0.388. The van der Waals surface area contributed by atoms with Gasteiger partial charge >= 0.3 is 0 Å². The molecule has 1 unspecified atom stereocenters. The van der Waals surface area contributed by atoms with Gasteiger partial charge in [-0.3, -0.25) is 4.55 Å². The van der Waals surface area contributed by atoms with Crippen LogP contribution in [0.3, 0.4) is 0 Å². The maximum absolute atomic E-state index is 11.7. The summed E-state index contributed by atoms with van der Waals surface area (Å²) in [6.45, 7) is 6.19. The molecule has 0 saturated heterocycles. The van der Waals surface area contributed by atoms with Crippen molar-refractivity contribution in [3.8, 4) is 0 Å². The molecule has 1 rings (SSSR count). The molecule has 0 aliphatic carbocycles. The van der Waals surface area contributed by atoms with Crippen LogP contribution in [0.15, 0.2) is 23.1 Å². The Morgan fingerprint density at radius 2 is 1.30 bits per heavy atom. The smallest absolute Gasteiger partial charge is 0.282 e. The van der Waals surface area contributed by atoms with Gasteiger partial charge in [0.25, 0.3) is 10.1 Å². The van der Waals surface area contributed by atoms with E-state index in [-0.39, 0.29) is 4.90 Å². The highest BCUT2D eigenvalue weighted by atomic mass is 32.2. The lowest BCUT2D eigenvalue weighted by molar-refractivity contribution is 0.479. The van der Waals surface area contributed by atoms with Gasteiger partial charge in [0.2, 0.25) is 0 Å². The van der Waals surface area contributed by atoms with Crippen molar-refractivity contribution in [2.24, 2.45) is 0 Å². The topological polar surface area (TPSA) is 54.4 Å². The average molecular weight is 397 g/mol. The lowest BCUT2D eigenvalue weighted by atomic mass is 9.88. The van der Waals surface area contributed by atoms with Crippen LogP contribution in [0.4, 0.5) is 0 Å². The van der Waals surface area contributed by atoms with Gasteiger partial charge in [-0.15, -0.1) is 0 Å². The second-order valence-corrected chi connectivity index (χ2v) is 9.35. The number of benzene rings is 1. The predicted molar refractivity (Wildman–Crippen MR) is 115 cm³/mol. The second-order valence-electron chi connectivity index (χ2n) is 7.96. The zero-order valence-corrected chi connectivity index (χ0v) is 18.5. The summed E-state index contributed by atoms with van der Waals surface area (Å²) >= 11 is 0. The van der Waals surface area contributed by atoms with Crippen molar-refractivity contribution in [1.29, 1.82) is 0 Å². The van der Waals surface area contributed by atoms with E-state index in [0.29, 0.717) is 11.5 Å². The Balaban J connectivity index is 2.70. The molecule has 0 bridgehead atoms. The molecule has 1 N–H and O–H groups in total. The first-order valence-electron chi connectivity index (χ1n) is 11.0. The number of hydrogen-bond donors (Lipinski definition) is 1. The van der Waals surface area contributed by atoms with Crippen molar-refractivity contribution < 1.29 is 13.0 Å². The summed E-state index contributed by atoms with van der Waals surface area (Å²) in [5, 5.41) is 0. The van der Waals surface area contributed by atoms with Crippen molar-refractivity contribution >= 4 is 10.1 Å². The van der Waals surface area contributed by atoms with E-state index in [4.69, 9.17) is 0 Å². The van der Waals surface area contributed by atoms with E-state index in [9.17, 15) is 13.0 Å². The van der Waals surface area contributed by atoms with E-state index in [0.717, 1.165) is 18.4 Å². The molecule has 1 aromatic rings. The standard InChI is InChI=1S/C23H40O3S/c1-4-6-8-10-11-12-14-16-21(15-13-9-7-5-2)22-18-17-20(3)23(19-22)27(24,25)26/h17-19,21H,4-16H2,1-3H3,(H,24,25,26). The van der Waals surface area contributed by atoms with Gasteiger partial charge in [0, 0.05) is 0 Å². The summed E-state index contributed by atoms with van der Waals surface area (Å²) in [6.07, 6.45) is 16.1. The van der Waals surface area contributed by atoms with Crippen LogP contribution >= 0.6 is 0 Å². The molecule has 0 aliphatic rings. The molecular formula is C23H40O3S. The Kier molecular flexibility index (Phi) is 11.9. The highest BCUT2D eigenvalue weighted by Gasteiger charge is 2.18. The molecule has 1 atom stereocenters. The first-order valence-corrected chi connectivity index (χ1v) is 12.4. The van der Waals surface area contributed by atoms with Gasteiger partial charge in [0.1, 0.15) is 0 Å². The summed E-state index contributed by atoms with van der Waals surface area (Å²) in [7, 11) is -4.16. The minimum absolute atomic E-state index is 0.0677. The fraction of sp³-hybridized carbons (Fsp3) is 0.739. The lowest BCUT2D eigenvalue weighted by Crippen LogP contribution is -2.05. The Hall–Kier alpha value is -0.870. The number of hydrogen-bond acceptors (Lipinski definition) is 2. The predicted octanol–water partition coefficient (Wildman–Crippen LogP) is 7.44. The normalized spacial score (nSPS) is 13.0. The minimum atomic E-state index is -4.16. The van der Waals surface area contributed by atoms with Crippen molar-refractivity contribution in [3.63, 3.8) is 0 Å². The molecular weight excluding hydrogens is 356 g/mol. The summed E-state index contributed by atoms with van der Waals surface area (Å²) < 4.78 is 32.8. The fourth-order valence-corrected chi connectivity index (χ4v) is 4.55. The highest BCUT2D eigenvalue weighted by Crippen LogP contribution is 2.31. The van der Waals surface area contributed by atoms with E-state index >= 15 is 0 Å². The quantitative estimate of drug-likeness (QED) is 0.247. The Morgan fingerprint density at radius 3 is 1.81 bits per heavy atom. The van der Waals surface area contributed by atoms with Gasteiger partial charge in [0.15, 0.2) is 0 Å². The van der Waals surface area contributed by atoms with E-state index in [1.165, 1.54) is 70.6 Å². The van der Waals surface area contributed by atoms with Gasteiger partial charge in [-0.2, -0.15) is 8.42 Å². The van der Waals surface area contributed by atoms with E-state index in [1.54, 1.807) is 13.0 Å². The molecule has 1 aromatic carbocycles. The molecule has 0 amide bonds. The molecule has 0 spiro atoms. The first kappa shape index (κ1) is 24.2. The van der Waals surface area contributed by atoms with Crippen LogP contribution in [0.25, 0.3) is 0 Å². The van der Waals surface area contributed by atoms with Crippen molar-refractivity contribution in [2.75, 3.05) is 0 Å². The lowest BCUT2D eigenvalue weighted by Gasteiger charge is -2.19. The van der Waals surface area contributed by atoms with E-state index in [1.807, 2.05) is 6.07 Å². The fourth-order valence-electron chi connectivity index (χ4n) is 3.79. The monoisotopic (exact) mass is 396 g/mol. The molecule has 4 heteroatoms. The molecule has 0 aliphatic heterocycles. The molecule has 27 heavy (non-hydrogen) atoms. The van der Waals surface area contributed by atoms with Gasteiger partial charge < -0.3 is 0 Å². The van der Waals surface area contributed by atoms with Crippen molar-refractivity contribution in [3.05, 3.63) is 29.3 Å². The summed E-state index contributed by atoms with van der Waals surface area (Å²) in [5.41, 5.74) is 1.68. The minimum Gasteiger partial charge on any atom is -0.282 e. The number of unbranched alkanes of at least 4 members (excludes halogenated alkanes) is 9. The third-order valence-corrected chi connectivity index (χ3v) is 6.52. The van der Waals surface area contributed by atoms with Crippen LogP contribution < -0.4 is 0 Å². The van der Waals surface area contributed by atoms with E-state index in [2.05, 4.69) is 19.9 Å². The first-order chi connectivity index (χ1) is 12.9. The highest BCUT2D eigenvalue weighted by molar-refractivity contribution is 7.85. The molecule has 3 nitrogen and oxygen atoms in total. The third-order valence-electron chi connectivity index (χ3n) is 5.52. The summed E-state index contributed by atoms with van der Waals surface area (Å²) in [4.78, 5) is 0.0677. The molecule has 0 aromatic heterocycles. The molecule has 0 heterocycles. The number of rotatable bonds is 15. The summed E-state index contributed by atoms with van der Waals surface area (Å²) in [6, 6.07) is 5.59.